The van der Waals surface area contributed by atoms with Crippen molar-refractivity contribution in [3.05, 3.63) is 23.7 Å². The van der Waals surface area contributed by atoms with Crippen LogP contribution in [0.4, 0.5) is 0 Å². The summed E-state index contributed by atoms with van der Waals surface area (Å²) in [6.07, 6.45) is 0. The third-order valence-corrected chi connectivity index (χ3v) is 2.89. The van der Waals surface area contributed by atoms with Gasteiger partial charge in [0, 0.05) is 20.2 Å². The molecule has 0 aliphatic carbocycles. The molecule has 7 nitrogen and oxygen atoms in total. The Bertz CT molecular complexity index is 491. The SMILES string of the molecule is CCNC(=NCC(=O)NCCOC)NC(C)c1ccc(C)o1.I. The highest BCUT2D eigenvalue weighted by Gasteiger charge is 2.11. The fraction of sp³-hybridized carbons (Fsp3) is 0.600. The maximum atomic E-state index is 11.6. The van der Waals surface area contributed by atoms with E-state index in [1.807, 2.05) is 32.9 Å². The minimum Gasteiger partial charge on any atom is -0.464 e. The van der Waals surface area contributed by atoms with Gasteiger partial charge in [-0.05, 0) is 32.9 Å². The van der Waals surface area contributed by atoms with Crippen molar-refractivity contribution in [3.8, 4) is 0 Å². The molecule has 1 rings (SSSR count). The number of aliphatic imine (C=N–C) groups is 1. The lowest BCUT2D eigenvalue weighted by Gasteiger charge is -2.16. The number of furan rings is 1. The normalized spacial score (nSPS) is 12.3. The maximum Gasteiger partial charge on any atom is 0.241 e. The van der Waals surface area contributed by atoms with Crippen LogP contribution in [0.1, 0.15) is 31.4 Å². The van der Waals surface area contributed by atoms with E-state index in [0.29, 0.717) is 25.7 Å². The van der Waals surface area contributed by atoms with E-state index < -0.39 is 0 Å². The summed E-state index contributed by atoms with van der Waals surface area (Å²) < 4.78 is 10.5. The quantitative estimate of drug-likeness (QED) is 0.248. The molecule has 0 aliphatic rings. The van der Waals surface area contributed by atoms with Gasteiger partial charge in [0.25, 0.3) is 0 Å². The van der Waals surface area contributed by atoms with Crippen molar-refractivity contribution >= 4 is 35.8 Å². The van der Waals surface area contributed by atoms with Crippen LogP contribution in [0.5, 0.6) is 0 Å². The lowest BCUT2D eigenvalue weighted by Crippen LogP contribution is -2.39. The van der Waals surface area contributed by atoms with Crippen molar-refractivity contribution in [1.29, 1.82) is 0 Å². The van der Waals surface area contributed by atoms with Gasteiger partial charge in [0.15, 0.2) is 5.96 Å². The molecule has 0 saturated heterocycles. The molecule has 1 atom stereocenters. The molecule has 132 valence electrons. The Morgan fingerprint density at radius 3 is 2.70 bits per heavy atom. The highest BCUT2D eigenvalue weighted by Crippen LogP contribution is 2.15. The van der Waals surface area contributed by atoms with Crippen LogP contribution in [0.15, 0.2) is 21.5 Å². The van der Waals surface area contributed by atoms with Gasteiger partial charge in [-0.3, -0.25) is 4.79 Å². The molecule has 23 heavy (non-hydrogen) atoms. The van der Waals surface area contributed by atoms with Crippen molar-refractivity contribution in [2.45, 2.75) is 26.8 Å². The summed E-state index contributed by atoms with van der Waals surface area (Å²) in [6.45, 7) is 7.59. The molecule has 1 aromatic heterocycles. The fourth-order valence-electron chi connectivity index (χ4n) is 1.78. The van der Waals surface area contributed by atoms with Crippen LogP contribution in [-0.2, 0) is 9.53 Å². The zero-order valence-corrected chi connectivity index (χ0v) is 16.5. The van der Waals surface area contributed by atoms with E-state index >= 15 is 0 Å². The van der Waals surface area contributed by atoms with Crippen molar-refractivity contribution in [2.75, 3.05) is 33.4 Å². The first-order chi connectivity index (χ1) is 10.6. The monoisotopic (exact) mass is 438 g/mol. The van der Waals surface area contributed by atoms with Crippen LogP contribution < -0.4 is 16.0 Å². The van der Waals surface area contributed by atoms with Crippen LogP contribution in [0.3, 0.4) is 0 Å². The average molecular weight is 438 g/mol. The molecular formula is C15H27IN4O3. The molecular weight excluding hydrogens is 411 g/mol. The third-order valence-electron chi connectivity index (χ3n) is 2.89. The number of methoxy groups -OCH3 is 1. The minimum atomic E-state index is -0.143. The van der Waals surface area contributed by atoms with E-state index in [4.69, 9.17) is 9.15 Å². The molecule has 1 unspecified atom stereocenters. The second kappa shape index (κ2) is 12.2. The number of rotatable bonds is 8. The van der Waals surface area contributed by atoms with Gasteiger partial charge >= 0.3 is 0 Å². The summed E-state index contributed by atoms with van der Waals surface area (Å²) in [7, 11) is 1.59. The van der Waals surface area contributed by atoms with Gasteiger partial charge in [0.1, 0.15) is 18.1 Å². The van der Waals surface area contributed by atoms with Crippen molar-refractivity contribution in [2.24, 2.45) is 4.99 Å². The molecule has 0 bridgehead atoms. The number of hydrogen-bond acceptors (Lipinski definition) is 4. The molecule has 0 saturated carbocycles. The number of carbonyl (C=O) groups is 1. The zero-order valence-electron chi connectivity index (χ0n) is 14.1. The van der Waals surface area contributed by atoms with Gasteiger partial charge in [-0.15, -0.1) is 24.0 Å². The van der Waals surface area contributed by atoms with Crippen LogP contribution in [0.25, 0.3) is 0 Å². The lowest BCUT2D eigenvalue weighted by atomic mass is 10.2. The topological polar surface area (TPSA) is 87.9 Å². The first-order valence-electron chi connectivity index (χ1n) is 7.43. The van der Waals surface area contributed by atoms with E-state index in [-0.39, 0.29) is 42.5 Å². The number of guanidine groups is 1. The van der Waals surface area contributed by atoms with E-state index in [1.54, 1.807) is 7.11 Å². The van der Waals surface area contributed by atoms with E-state index in [2.05, 4.69) is 20.9 Å². The first-order valence-corrected chi connectivity index (χ1v) is 7.43. The van der Waals surface area contributed by atoms with Crippen molar-refractivity contribution < 1.29 is 13.9 Å². The smallest absolute Gasteiger partial charge is 0.241 e. The van der Waals surface area contributed by atoms with Crippen LogP contribution in [0, 0.1) is 6.92 Å². The van der Waals surface area contributed by atoms with Crippen LogP contribution in [0.2, 0.25) is 0 Å². The molecule has 1 amide bonds. The predicted octanol–water partition coefficient (Wildman–Crippen LogP) is 1.58. The Morgan fingerprint density at radius 2 is 2.13 bits per heavy atom. The first kappa shape index (κ1) is 21.7. The van der Waals surface area contributed by atoms with Crippen molar-refractivity contribution in [3.63, 3.8) is 0 Å². The van der Waals surface area contributed by atoms with Crippen molar-refractivity contribution in [1.82, 2.24) is 16.0 Å². The number of nitrogens with zero attached hydrogens (tertiary/aromatic N) is 1. The molecule has 1 heterocycles. The third kappa shape index (κ3) is 8.80. The predicted molar refractivity (Wildman–Crippen MR) is 101 cm³/mol. The van der Waals surface area contributed by atoms with Crippen LogP contribution in [-0.4, -0.2) is 45.2 Å². The molecule has 0 aliphatic heterocycles. The minimum absolute atomic E-state index is 0. The zero-order chi connectivity index (χ0) is 16.4. The molecule has 0 spiro atoms. The van der Waals surface area contributed by atoms with Gasteiger partial charge in [-0.2, -0.15) is 0 Å². The van der Waals surface area contributed by atoms with E-state index in [1.165, 1.54) is 0 Å². The number of aryl methyl sites for hydroxylation is 1. The Kier molecular flexibility index (Phi) is 11.5. The molecule has 0 fully saturated rings. The number of nitrogens with one attached hydrogen (secondary N) is 3. The van der Waals surface area contributed by atoms with Gasteiger partial charge < -0.3 is 25.1 Å². The Balaban J connectivity index is 0.00000484. The Labute approximate surface area is 154 Å². The van der Waals surface area contributed by atoms with Gasteiger partial charge in [0.2, 0.25) is 5.91 Å². The number of halogens is 1. The second-order valence-electron chi connectivity index (χ2n) is 4.85. The fourth-order valence-corrected chi connectivity index (χ4v) is 1.78. The largest absolute Gasteiger partial charge is 0.464 e. The summed E-state index contributed by atoms with van der Waals surface area (Å²) in [6, 6.07) is 3.80. The number of carbonyl (C=O) groups excluding carboxylic acids is 1. The van der Waals surface area contributed by atoms with Gasteiger partial charge in [0.05, 0.1) is 12.6 Å². The number of hydrogen-bond donors (Lipinski definition) is 3. The lowest BCUT2D eigenvalue weighted by molar-refractivity contribution is -0.119. The molecule has 0 radical (unpaired) electrons. The summed E-state index contributed by atoms with van der Waals surface area (Å²) in [5.74, 6) is 2.12. The Hall–Kier alpha value is -1.29. The highest BCUT2D eigenvalue weighted by molar-refractivity contribution is 14.0. The summed E-state index contributed by atoms with van der Waals surface area (Å²) in [5.41, 5.74) is 0. The van der Waals surface area contributed by atoms with Gasteiger partial charge in [-0.25, -0.2) is 4.99 Å². The van der Waals surface area contributed by atoms with E-state index in [0.717, 1.165) is 11.5 Å². The Morgan fingerprint density at radius 1 is 1.39 bits per heavy atom. The van der Waals surface area contributed by atoms with E-state index in [9.17, 15) is 4.79 Å². The average Bonchev–Trinajstić information content (AvgIpc) is 2.92. The number of amides is 1. The summed E-state index contributed by atoms with van der Waals surface area (Å²) in [5, 5.41) is 9.04. The molecule has 3 N–H and O–H groups in total. The second-order valence-corrected chi connectivity index (χ2v) is 4.85. The maximum absolute atomic E-state index is 11.6. The van der Waals surface area contributed by atoms with Crippen LogP contribution >= 0.6 is 24.0 Å². The summed E-state index contributed by atoms with van der Waals surface area (Å²) >= 11 is 0. The highest BCUT2D eigenvalue weighted by atomic mass is 127. The molecule has 0 aromatic carbocycles. The standard InChI is InChI=1S/C15H26N4O3.HI/c1-5-16-15(18-10-14(20)17-8-9-21-4)19-12(3)13-7-6-11(2)22-13;/h6-7,12H,5,8-10H2,1-4H3,(H,17,20)(H2,16,18,19);1H. The molecule has 1 aromatic rings. The summed E-state index contributed by atoms with van der Waals surface area (Å²) in [4.78, 5) is 15.9. The molecule has 8 heteroatoms. The number of ether oxygens (including phenoxy) is 1. The van der Waals surface area contributed by atoms with Gasteiger partial charge in [-0.1, -0.05) is 0 Å².